The van der Waals surface area contributed by atoms with Crippen molar-refractivity contribution in [3.63, 3.8) is 0 Å². The summed E-state index contributed by atoms with van der Waals surface area (Å²) in [6, 6.07) is 6.93. The number of pyridine rings is 1. The number of nitrogens with one attached hydrogen (secondary N) is 1. The number of oxime groups is 1. The topological polar surface area (TPSA) is 80.7 Å². The van der Waals surface area contributed by atoms with Gasteiger partial charge >= 0.3 is 11.7 Å². The highest BCUT2D eigenvalue weighted by Gasteiger charge is 2.62. The number of sulfone groups is 1. The molecule has 15 heteroatoms. The molecule has 0 bridgehead atoms. The van der Waals surface area contributed by atoms with Gasteiger partial charge in [-0.1, -0.05) is 42.5 Å². The molecular formula is C21H19F6N3O3S3. The number of hydrogen-bond acceptors (Lipinski definition) is 7. The molecule has 1 N–H and O–H groups in total. The Bertz CT molecular complexity index is 1250. The minimum Gasteiger partial charge on any atom is -0.375 e. The van der Waals surface area contributed by atoms with E-state index in [2.05, 4.69) is 15.5 Å². The Morgan fingerprint density at radius 2 is 1.92 bits per heavy atom. The van der Waals surface area contributed by atoms with Crippen LogP contribution in [-0.4, -0.2) is 47.3 Å². The van der Waals surface area contributed by atoms with Gasteiger partial charge in [0.25, 0.3) is 5.60 Å². The lowest BCUT2D eigenvalue weighted by Gasteiger charge is -2.29. The second-order valence-corrected chi connectivity index (χ2v) is 11.7. The molecule has 196 valence electrons. The lowest BCUT2D eigenvalue weighted by Crippen LogP contribution is -2.42. The molecule has 0 saturated heterocycles. The average Bonchev–Trinajstić information content (AvgIpc) is 3.24. The second-order valence-electron chi connectivity index (χ2n) is 7.71. The fraction of sp³-hybridized carbons (Fsp3) is 0.381. The van der Waals surface area contributed by atoms with Crippen LogP contribution in [0.15, 0.2) is 52.6 Å². The number of hydrogen-bond donors (Lipinski definition) is 1. The van der Waals surface area contributed by atoms with E-state index >= 15 is 0 Å². The fourth-order valence-corrected chi connectivity index (χ4v) is 5.16. The number of rotatable bonds is 8. The van der Waals surface area contributed by atoms with Gasteiger partial charge in [-0.2, -0.15) is 26.3 Å². The van der Waals surface area contributed by atoms with E-state index in [0.717, 1.165) is 24.3 Å². The Morgan fingerprint density at radius 1 is 1.19 bits per heavy atom. The largest absolute Gasteiger partial charge is 0.446 e. The molecule has 1 aliphatic rings. The Morgan fingerprint density at radius 3 is 2.50 bits per heavy atom. The van der Waals surface area contributed by atoms with Crippen LogP contribution in [-0.2, 0) is 26.8 Å². The van der Waals surface area contributed by atoms with Crippen LogP contribution in [0.3, 0.4) is 0 Å². The predicted octanol–water partition coefficient (Wildman–Crippen LogP) is 5.13. The molecule has 0 spiro atoms. The molecule has 1 aromatic heterocycles. The highest BCUT2D eigenvalue weighted by molar-refractivity contribution is 8.00. The third kappa shape index (κ3) is 6.88. The van der Waals surface area contributed by atoms with E-state index < -0.39 is 55.8 Å². The molecule has 1 atom stereocenters. The molecule has 2 heterocycles. The summed E-state index contributed by atoms with van der Waals surface area (Å²) in [5.41, 5.74) is -7.62. The molecule has 0 aliphatic carbocycles. The standard InChI is InChI=1S/C21H19F6N3O3S3/c1-2-36(31,32)12-18(34)29-11-13-6-7-16(28-10-13)17-9-19(33-30-17,20(22,23)24)14-4-3-5-15(8-14)35-21(25,26)27/h3-8,10H,2,9,11-12H2,1H3,(H,29,34). The summed E-state index contributed by atoms with van der Waals surface area (Å²) in [5, 5.41) is 6.34. The van der Waals surface area contributed by atoms with Crippen LogP contribution in [0.2, 0.25) is 0 Å². The lowest BCUT2D eigenvalue weighted by molar-refractivity contribution is -0.275. The maximum absolute atomic E-state index is 14.1. The van der Waals surface area contributed by atoms with E-state index in [4.69, 9.17) is 17.1 Å². The van der Waals surface area contributed by atoms with Crippen LogP contribution in [0.5, 0.6) is 0 Å². The molecular weight excluding hydrogens is 552 g/mol. The van der Waals surface area contributed by atoms with Gasteiger partial charge < -0.3 is 10.2 Å². The number of benzene rings is 1. The third-order valence-corrected chi connectivity index (χ3v) is 7.92. The first kappa shape index (κ1) is 28.2. The van der Waals surface area contributed by atoms with Crippen molar-refractivity contribution in [1.29, 1.82) is 0 Å². The minimum atomic E-state index is -4.99. The number of thiocarbonyl (C=S) groups is 1. The SMILES string of the molecule is CCS(=O)(=O)CC(=S)NCc1ccc(C2=NOC(c3cccc(SC(F)(F)F)c3)(C(F)(F)F)C2)nc1. The Balaban J connectivity index is 1.75. The zero-order chi connectivity index (χ0) is 26.8. The first-order valence-electron chi connectivity index (χ1n) is 10.2. The smallest absolute Gasteiger partial charge is 0.375 e. The maximum atomic E-state index is 14.1. The number of aromatic nitrogens is 1. The van der Waals surface area contributed by atoms with Crippen LogP contribution in [0.25, 0.3) is 0 Å². The van der Waals surface area contributed by atoms with E-state index in [0.29, 0.717) is 5.56 Å². The van der Waals surface area contributed by atoms with Crippen LogP contribution >= 0.6 is 24.0 Å². The van der Waals surface area contributed by atoms with Crippen LogP contribution in [0.4, 0.5) is 26.3 Å². The van der Waals surface area contributed by atoms with Gasteiger partial charge in [0.1, 0.15) is 11.5 Å². The summed E-state index contributed by atoms with van der Waals surface area (Å²) in [6.45, 7) is 1.65. The summed E-state index contributed by atoms with van der Waals surface area (Å²) in [6.07, 6.45) is -4.42. The van der Waals surface area contributed by atoms with Crippen LogP contribution < -0.4 is 5.32 Å². The van der Waals surface area contributed by atoms with Crippen molar-refractivity contribution in [2.75, 3.05) is 11.5 Å². The van der Waals surface area contributed by atoms with Gasteiger partial charge in [0.05, 0.1) is 17.1 Å². The molecule has 0 fully saturated rings. The Kier molecular flexibility index (Phi) is 8.25. The van der Waals surface area contributed by atoms with E-state index in [1.165, 1.54) is 19.2 Å². The molecule has 1 unspecified atom stereocenters. The maximum Gasteiger partial charge on any atom is 0.446 e. The molecule has 2 aromatic rings. The lowest BCUT2D eigenvalue weighted by atomic mass is 9.87. The second kappa shape index (κ2) is 10.5. The minimum absolute atomic E-state index is 0.0554. The van der Waals surface area contributed by atoms with Crippen molar-refractivity contribution in [2.24, 2.45) is 5.16 Å². The van der Waals surface area contributed by atoms with Crippen molar-refractivity contribution in [2.45, 2.75) is 42.1 Å². The molecule has 3 rings (SSSR count). The number of thioether (sulfide) groups is 1. The molecule has 1 aliphatic heterocycles. The van der Waals surface area contributed by atoms with Gasteiger partial charge in [0.2, 0.25) is 0 Å². The van der Waals surface area contributed by atoms with Crippen molar-refractivity contribution >= 4 is 44.5 Å². The summed E-state index contributed by atoms with van der Waals surface area (Å²) >= 11 is 4.48. The number of halogens is 6. The molecule has 0 amide bonds. The first-order chi connectivity index (χ1) is 16.6. The van der Waals surface area contributed by atoms with Gasteiger partial charge in [-0.25, -0.2) is 8.42 Å². The summed E-state index contributed by atoms with van der Waals surface area (Å²) in [4.78, 5) is 8.66. The average molecular weight is 572 g/mol. The third-order valence-electron chi connectivity index (χ3n) is 5.12. The monoisotopic (exact) mass is 571 g/mol. The van der Waals surface area contributed by atoms with Crippen molar-refractivity contribution in [3.05, 3.63) is 59.4 Å². The van der Waals surface area contributed by atoms with Gasteiger partial charge in [0.15, 0.2) is 9.84 Å². The molecule has 0 saturated carbocycles. The van der Waals surface area contributed by atoms with E-state index in [9.17, 15) is 34.8 Å². The van der Waals surface area contributed by atoms with Gasteiger partial charge in [0, 0.05) is 29.0 Å². The Labute approximate surface area is 212 Å². The molecule has 36 heavy (non-hydrogen) atoms. The molecule has 6 nitrogen and oxygen atoms in total. The Hall–Kier alpha value is -2.39. The zero-order valence-corrected chi connectivity index (χ0v) is 20.9. The van der Waals surface area contributed by atoms with Crippen LogP contribution in [0.1, 0.15) is 30.2 Å². The van der Waals surface area contributed by atoms with Gasteiger partial charge in [-0.3, -0.25) is 4.98 Å². The molecule has 0 radical (unpaired) electrons. The van der Waals surface area contributed by atoms with Crippen molar-refractivity contribution < 1.29 is 39.6 Å². The van der Waals surface area contributed by atoms with E-state index in [1.807, 2.05) is 0 Å². The van der Waals surface area contributed by atoms with Gasteiger partial charge in [-0.05, 0) is 35.5 Å². The fourth-order valence-electron chi connectivity index (χ4n) is 3.24. The van der Waals surface area contributed by atoms with Crippen molar-refractivity contribution in [3.8, 4) is 0 Å². The van der Waals surface area contributed by atoms with E-state index in [1.54, 1.807) is 6.07 Å². The summed E-state index contributed by atoms with van der Waals surface area (Å²) in [7, 11) is -3.30. The number of alkyl halides is 6. The first-order valence-corrected chi connectivity index (χ1v) is 13.3. The summed E-state index contributed by atoms with van der Waals surface area (Å²) in [5.74, 6) is -0.360. The van der Waals surface area contributed by atoms with Crippen molar-refractivity contribution in [1.82, 2.24) is 10.3 Å². The highest BCUT2D eigenvalue weighted by atomic mass is 32.2. The quantitative estimate of drug-likeness (QED) is 0.268. The predicted molar refractivity (Wildman–Crippen MR) is 126 cm³/mol. The summed E-state index contributed by atoms with van der Waals surface area (Å²) < 4.78 is 104. The van der Waals surface area contributed by atoms with Crippen LogP contribution in [0, 0.1) is 0 Å². The highest BCUT2D eigenvalue weighted by Crippen LogP contribution is 2.49. The van der Waals surface area contributed by atoms with E-state index in [-0.39, 0.29) is 34.4 Å². The van der Waals surface area contributed by atoms with Gasteiger partial charge in [-0.15, -0.1) is 0 Å². The molecule has 1 aromatic carbocycles. The normalized spacial score (nSPS) is 18.5. The zero-order valence-electron chi connectivity index (χ0n) is 18.5. The number of nitrogens with zero attached hydrogens (tertiary/aromatic N) is 2.